The Labute approximate surface area is 46.3 Å². The predicted octanol–water partition coefficient (Wildman–Crippen LogP) is -1.67. The number of Topliss-reactive ketones (excluding diaryl/α,β-unsaturated/α-hetero) is 1. The number of hydrogen-bond acceptors (Lipinski definition) is 3. The van der Waals surface area contributed by atoms with E-state index >= 15 is 0 Å². The van der Waals surface area contributed by atoms with Gasteiger partial charge in [0.25, 0.3) is 5.78 Å². The zero-order valence-electron chi connectivity index (χ0n) is 4.22. The highest BCUT2D eigenvalue weighted by atomic mass is 16.4. The standard InChI is InChI=1S/C5H4O3/c1-2-3-4(6)5(7)8/h1H3,(H,7,8)/p-1. The molecular weight excluding hydrogens is 108 g/mol. The van der Waals surface area contributed by atoms with Crippen molar-refractivity contribution in [1.82, 2.24) is 0 Å². The molecule has 0 amide bonds. The van der Waals surface area contributed by atoms with Crippen molar-refractivity contribution in [2.24, 2.45) is 0 Å². The normalized spacial score (nSPS) is 6.62. The maximum absolute atomic E-state index is 9.91. The minimum absolute atomic E-state index is 1.17. The Balaban J connectivity index is 3.99. The average molecular weight is 111 g/mol. The lowest BCUT2D eigenvalue weighted by molar-refractivity contribution is -0.299. The fraction of sp³-hybridized carbons (Fsp3) is 0.200. The van der Waals surface area contributed by atoms with Crippen LogP contribution in [0.1, 0.15) is 6.92 Å². The summed E-state index contributed by atoms with van der Waals surface area (Å²) in [6.07, 6.45) is 0. The summed E-state index contributed by atoms with van der Waals surface area (Å²) in [7, 11) is 0. The van der Waals surface area contributed by atoms with Crippen LogP contribution in [-0.4, -0.2) is 11.8 Å². The van der Waals surface area contributed by atoms with E-state index in [0.29, 0.717) is 0 Å². The van der Waals surface area contributed by atoms with Crippen LogP contribution >= 0.6 is 0 Å². The molecular formula is C5H3O3-. The Bertz CT molecular complexity index is 170. The number of carbonyl (C=O) groups excluding carboxylic acids is 2. The van der Waals surface area contributed by atoms with Crippen molar-refractivity contribution < 1.29 is 14.7 Å². The van der Waals surface area contributed by atoms with Crippen LogP contribution in [0.5, 0.6) is 0 Å². The van der Waals surface area contributed by atoms with Gasteiger partial charge in [0.15, 0.2) is 0 Å². The highest BCUT2D eigenvalue weighted by Crippen LogP contribution is 1.61. The molecule has 0 bridgehead atoms. The Kier molecular flexibility index (Phi) is 2.35. The Morgan fingerprint density at radius 1 is 1.50 bits per heavy atom. The molecule has 0 aromatic carbocycles. The number of hydrogen-bond donors (Lipinski definition) is 0. The van der Waals surface area contributed by atoms with Gasteiger partial charge >= 0.3 is 0 Å². The van der Waals surface area contributed by atoms with E-state index in [2.05, 4.69) is 5.92 Å². The zero-order valence-corrected chi connectivity index (χ0v) is 4.22. The summed E-state index contributed by atoms with van der Waals surface area (Å²) in [5, 5.41) is 9.53. The third-order valence-corrected chi connectivity index (χ3v) is 0.424. The van der Waals surface area contributed by atoms with E-state index < -0.39 is 11.8 Å². The lowest BCUT2D eigenvalue weighted by Crippen LogP contribution is -2.30. The van der Waals surface area contributed by atoms with E-state index in [4.69, 9.17) is 0 Å². The minimum atomic E-state index is -1.75. The molecule has 0 heterocycles. The molecule has 0 aliphatic heterocycles. The topological polar surface area (TPSA) is 57.2 Å². The molecule has 0 fully saturated rings. The molecule has 0 rings (SSSR count). The van der Waals surface area contributed by atoms with Crippen LogP contribution in [0.2, 0.25) is 0 Å². The molecule has 0 aliphatic rings. The van der Waals surface area contributed by atoms with Gasteiger partial charge in [-0.1, -0.05) is 5.92 Å². The smallest absolute Gasteiger partial charge is 0.251 e. The lowest BCUT2D eigenvalue weighted by Gasteiger charge is -1.87. The second-order valence-electron chi connectivity index (χ2n) is 0.992. The molecule has 0 unspecified atom stereocenters. The summed E-state index contributed by atoms with van der Waals surface area (Å²) in [4.78, 5) is 19.4. The molecule has 8 heavy (non-hydrogen) atoms. The highest BCUT2D eigenvalue weighted by molar-refractivity contribution is 6.39. The zero-order chi connectivity index (χ0) is 6.57. The molecule has 0 aromatic heterocycles. The number of rotatable bonds is 1. The third kappa shape index (κ3) is 1.98. The van der Waals surface area contributed by atoms with Crippen molar-refractivity contribution in [3.05, 3.63) is 0 Å². The molecule has 0 aliphatic carbocycles. The van der Waals surface area contributed by atoms with Crippen LogP contribution in [0, 0.1) is 11.8 Å². The quantitative estimate of drug-likeness (QED) is 0.231. The summed E-state index contributed by atoms with van der Waals surface area (Å²) < 4.78 is 0. The maximum Gasteiger partial charge on any atom is 0.251 e. The monoisotopic (exact) mass is 111 g/mol. The maximum atomic E-state index is 9.91. The second-order valence-corrected chi connectivity index (χ2v) is 0.992. The summed E-state index contributed by atoms with van der Waals surface area (Å²) in [6, 6.07) is 0. The van der Waals surface area contributed by atoms with Gasteiger partial charge in [0.2, 0.25) is 0 Å². The Morgan fingerprint density at radius 2 is 2.00 bits per heavy atom. The van der Waals surface area contributed by atoms with E-state index in [1.165, 1.54) is 6.92 Å². The van der Waals surface area contributed by atoms with Crippen molar-refractivity contribution in [3.8, 4) is 11.8 Å². The summed E-state index contributed by atoms with van der Waals surface area (Å²) >= 11 is 0. The van der Waals surface area contributed by atoms with E-state index in [-0.39, 0.29) is 0 Å². The largest absolute Gasteiger partial charge is 0.541 e. The molecule has 0 radical (unpaired) electrons. The van der Waals surface area contributed by atoms with Crippen LogP contribution in [0.25, 0.3) is 0 Å². The molecule has 0 aromatic rings. The number of aliphatic carboxylic acids is 1. The van der Waals surface area contributed by atoms with Gasteiger partial charge in [-0.2, -0.15) is 0 Å². The first-order chi connectivity index (χ1) is 3.68. The fourth-order valence-electron chi connectivity index (χ4n) is 0.165. The number of carbonyl (C=O) groups is 2. The first-order valence-electron chi connectivity index (χ1n) is 1.86. The van der Waals surface area contributed by atoms with Gasteiger partial charge in [0, 0.05) is 0 Å². The van der Waals surface area contributed by atoms with Crippen molar-refractivity contribution >= 4 is 11.8 Å². The first-order valence-corrected chi connectivity index (χ1v) is 1.86. The van der Waals surface area contributed by atoms with Crippen LogP contribution in [0.4, 0.5) is 0 Å². The Morgan fingerprint density at radius 3 is 2.12 bits per heavy atom. The molecule has 3 heteroatoms. The third-order valence-electron chi connectivity index (χ3n) is 0.424. The van der Waals surface area contributed by atoms with E-state index in [1.54, 1.807) is 5.92 Å². The van der Waals surface area contributed by atoms with Crippen LogP contribution < -0.4 is 5.11 Å². The van der Waals surface area contributed by atoms with Crippen molar-refractivity contribution in [1.29, 1.82) is 0 Å². The molecule has 3 nitrogen and oxygen atoms in total. The minimum Gasteiger partial charge on any atom is -0.541 e. The average Bonchev–Trinajstić information content (AvgIpc) is 1.67. The molecule has 0 saturated heterocycles. The summed E-state index contributed by atoms with van der Waals surface area (Å²) in [6.45, 7) is 1.38. The van der Waals surface area contributed by atoms with Gasteiger partial charge in [-0.25, -0.2) is 0 Å². The molecule has 0 spiro atoms. The number of carboxylic acids is 1. The van der Waals surface area contributed by atoms with Crippen molar-refractivity contribution in [2.75, 3.05) is 0 Å². The predicted molar refractivity (Wildman–Crippen MR) is 23.5 cm³/mol. The van der Waals surface area contributed by atoms with Gasteiger partial charge in [-0.05, 0) is 12.8 Å². The van der Waals surface area contributed by atoms with E-state index in [0.717, 1.165) is 0 Å². The van der Waals surface area contributed by atoms with Crippen LogP contribution in [0.15, 0.2) is 0 Å². The summed E-state index contributed by atoms with van der Waals surface area (Å²) in [5.74, 6) is 0.998. The van der Waals surface area contributed by atoms with Gasteiger partial charge in [-0.3, -0.25) is 4.79 Å². The number of carboxylic acid groups (broad SMARTS) is 1. The summed E-state index contributed by atoms with van der Waals surface area (Å²) in [5.41, 5.74) is 0. The van der Waals surface area contributed by atoms with Gasteiger partial charge in [-0.15, -0.1) is 0 Å². The van der Waals surface area contributed by atoms with Gasteiger partial charge in [0.1, 0.15) is 5.97 Å². The van der Waals surface area contributed by atoms with E-state index in [9.17, 15) is 14.7 Å². The van der Waals surface area contributed by atoms with Gasteiger partial charge in [0.05, 0.1) is 0 Å². The SMILES string of the molecule is CC#CC(=O)C(=O)[O-]. The van der Waals surface area contributed by atoms with Crippen LogP contribution in [0.3, 0.4) is 0 Å². The lowest BCUT2D eigenvalue weighted by atomic mass is 10.4. The van der Waals surface area contributed by atoms with Crippen molar-refractivity contribution in [2.45, 2.75) is 6.92 Å². The van der Waals surface area contributed by atoms with Crippen molar-refractivity contribution in [3.63, 3.8) is 0 Å². The highest BCUT2D eigenvalue weighted by Gasteiger charge is 1.91. The van der Waals surface area contributed by atoms with Gasteiger partial charge < -0.3 is 9.90 Å². The molecule has 0 N–H and O–H groups in total. The second kappa shape index (κ2) is 2.80. The molecule has 0 saturated carbocycles. The number of ketones is 1. The fourth-order valence-corrected chi connectivity index (χ4v) is 0.165. The Hall–Kier alpha value is -1.30. The molecule has 42 valence electrons. The molecule has 0 atom stereocenters. The van der Waals surface area contributed by atoms with E-state index in [1.807, 2.05) is 0 Å². The first kappa shape index (κ1) is 6.70. The van der Waals surface area contributed by atoms with Crippen LogP contribution in [-0.2, 0) is 9.59 Å².